The molecule has 0 fully saturated rings. The van der Waals surface area contributed by atoms with Crippen molar-refractivity contribution in [1.29, 1.82) is 5.26 Å². The zero-order valence-corrected chi connectivity index (χ0v) is 11.9. The molecule has 0 saturated carbocycles. The molecule has 0 amide bonds. The highest BCUT2D eigenvalue weighted by Gasteiger charge is 2.25. The maximum atomic E-state index is 8.86. The van der Waals surface area contributed by atoms with Crippen LogP contribution in [0.15, 0.2) is 24.3 Å². The van der Waals surface area contributed by atoms with Gasteiger partial charge in [0.1, 0.15) is 0 Å². The maximum Gasteiger partial charge on any atom is 0.0635 e. The number of rotatable bonds is 4. The number of benzene rings is 1. The molecule has 1 aliphatic heterocycles. The van der Waals surface area contributed by atoms with Gasteiger partial charge in [-0.2, -0.15) is 5.26 Å². The molecule has 1 N–H and O–H groups in total. The van der Waals surface area contributed by atoms with Crippen LogP contribution in [0.25, 0.3) is 0 Å². The summed E-state index contributed by atoms with van der Waals surface area (Å²) in [7, 11) is 0. The number of hydrogen-bond donors (Lipinski definition) is 1. The minimum atomic E-state index is 0.430. The van der Waals surface area contributed by atoms with Gasteiger partial charge in [0.05, 0.1) is 6.07 Å². The Bertz CT molecular complexity index is 448. The Balaban J connectivity index is 2.28. The van der Waals surface area contributed by atoms with Gasteiger partial charge in [0.15, 0.2) is 0 Å². The fourth-order valence-corrected chi connectivity index (χ4v) is 2.94. The molecular weight excluding hydrogens is 234 g/mol. The quantitative estimate of drug-likeness (QED) is 0.901. The molecule has 1 atom stereocenters. The van der Waals surface area contributed by atoms with E-state index in [9.17, 15) is 0 Å². The molecule has 1 aliphatic rings. The van der Waals surface area contributed by atoms with Gasteiger partial charge in [-0.1, -0.05) is 24.3 Å². The molecule has 0 aromatic heterocycles. The highest BCUT2D eigenvalue weighted by atomic mass is 15.2. The maximum absolute atomic E-state index is 8.86. The van der Waals surface area contributed by atoms with Crippen molar-refractivity contribution in [2.24, 2.45) is 0 Å². The molecular formula is C16H23N3. The van der Waals surface area contributed by atoms with E-state index >= 15 is 0 Å². The Morgan fingerprint density at radius 3 is 2.95 bits per heavy atom. The van der Waals surface area contributed by atoms with E-state index in [2.05, 4.69) is 54.4 Å². The summed E-state index contributed by atoms with van der Waals surface area (Å²) >= 11 is 0. The summed E-state index contributed by atoms with van der Waals surface area (Å²) in [5.41, 5.74) is 2.83. The number of nitrogens with zero attached hydrogens (tertiary/aromatic N) is 2. The average Bonchev–Trinajstić information content (AvgIpc) is 2.62. The Morgan fingerprint density at radius 2 is 2.21 bits per heavy atom. The first kappa shape index (κ1) is 14.0. The third-order valence-corrected chi connectivity index (χ3v) is 3.87. The lowest BCUT2D eigenvalue weighted by Crippen LogP contribution is -2.36. The van der Waals surface area contributed by atoms with E-state index in [1.165, 1.54) is 11.1 Å². The lowest BCUT2D eigenvalue weighted by Gasteiger charge is -2.35. The van der Waals surface area contributed by atoms with Crippen molar-refractivity contribution in [2.45, 2.75) is 45.3 Å². The minimum absolute atomic E-state index is 0.430. The minimum Gasteiger partial charge on any atom is -0.313 e. The van der Waals surface area contributed by atoms with Crippen molar-refractivity contribution in [3.05, 3.63) is 35.4 Å². The smallest absolute Gasteiger partial charge is 0.0635 e. The van der Waals surface area contributed by atoms with Crippen LogP contribution >= 0.6 is 0 Å². The predicted molar refractivity (Wildman–Crippen MR) is 77.6 cm³/mol. The molecule has 1 unspecified atom stereocenters. The Kier molecular flexibility index (Phi) is 4.95. The topological polar surface area (TPSA) is 39.1 Å². The number of fused-ring (bicyclic) bond motifs is 1. The molecule has 0 aliphatic carbocycles. The van der Waals surface area contributed by atoms with E-state index < -0.39 is 0 Å². The van der Waals surface area contributed by atoms with Crippen LogP contribution in [0.2, 0.25) is 0 Å². The molecule has 102 valence electrons. The van der Waals surface area contributed by atoms with E-state index in [0.29, 0.717) is 18.5 Å². The lowest BCUT2D eigenvalue weighted by molar-refractivity contribution is 0.150. The molecule has 1 aromatic carbocycles. The first-order valence-corrected chi connectivity index (χ1v) is 7.15. The van der Waals surface area contributed by atoms with E-state index in [1.54, 1.807) is 0 Å². The molecule has 0 bridgehead atoms. The van der Waals surface area contributed by atoms with Crippen LogP contribution in [0, 0.1) is 11.3 Å². The van der Waals surface area contributed by atoms with Gasteiger partial charge in [0.2, 0.25) is 0 Å². The summed E-state index contributed by atoms with van der Waals surface area (Å²) in [5, 5.41) is 12.3. The summed E-state index contributed by atoms with van der Waals surface area (Å²) in [6.07, 6.45) is 1.71. The molecule has 0 saturated heterocycles. The van der Waals surface area contributed by atoms with Crippen LogP contribution in [0.5, 0.6) is 0 Å². The third kappa shape index (κ3) is 3.34. The Labute approximate surface area is 116 Å². The second kappa shape index (κ2) is 6.70. The van der Waals surface area contributed by atoms with Crippen molar-refractivity contribution >= 4 is 0 Å². The van der Waals surface area contributed by atoms with E-state index in [1.807, 2.05) is 0 Å². The largest absolute Gasteiger partial charge is 0.313 e. The van der Waals surface area contributed by atoms with Crippen LogP contribution < -0.4 is 5.32 Å². The summed E-state index contributed by atoms with van der Waals surface area (Å²) in [5.74, 6) is 0. The summed E-state index contributed by atoms with van der Waals surface area (Å²) in [4.78, 5) is 2.47. The van der Waals surface area contributed by atoms with Gasteiger partial charge in [-0.25, -0.2) is 0 Å². The van der Waals surface area contributed by atoms with Gasteiger partial charge in [0.25, 0.3) is 0 Å². The normalized spacial score (nSPS) is 19.0. The molecule has 19 heavy (non-hydrogen) atoms. The summed E-state index contributed by atoms with van der Waals surface area (Å²) < 4.78 is 0. The lowest BCUT2D eigenvalue weighted by atomic mass is 9.96. The zero-order valence-electron chi connectivity index (χ0n) is 11.9. The first-order chi connectivity index (χ1) is 9.24. The standard InChI is InChI=1S/C16H23N3/c1-13(2)19(11-5-9-17)16-8-10-18-12-14-6-3-4-7-15(14)16/h3-4,6-7,13,16,18H,5,8,10-12H2,1-2H3. The number of hydrogen-bond acceptors (Lipinski definition) is 3. The second-order valence-corrected chi connectivity index (χ2v) is 5.42. The second-order valence-electron chi connectivity index (χ2n) is 5.42. The van der Waals surface area contributed by atoms with E-state index in [0.717, 1.165) is 26.1 Å². The van der Waals surface area contributed by atoms with Crippen molar-refractivity contribution in [1.82, 2.24) is 10.2 Å². The van der Waals surface area contributed by atoms with Crippen molar-refractivity contribution in [3.8, 4) is 6.07 Å². The van der Waals surface area contributed by atoms with Gasteiger partial charge in [0, 0.05) is 31.6 Å². The van der Waals surface area contributed by atoms with Gasteiger partial charge in [-0.3, -0.25) is 4.90 Å². The average molecular weight is 257 g/mol. The van der Waals surface area contributed by atoms with Gasteiger partial charge in [-0.15, -0.1) is 0 Å². The van der Waals surface area contributed by atoms with E-state index in [-0.39, 0.29) is 0 Å². The van der Waals surface area contributed by atoms with Gasteiger partial charge >= 0.3 is 0 Å². The number of nitrogens with one attached hydrogen (secondary N) is 1. The molecule has 0 spiro atoms. The van der Waals surface area contributed by atoms with Gasteiger partial charge in [-0.05, 0) is 37.9 Å². The summed E-state index contributed by atoms with van der Waals surface area (Å²) in [6, 6.07) is 11.9. The van der Waals surface area contributed by atoms with Crippen LogP contribution in [0.4, 0.5) is 0 Å². The zero-order chi connectivity index (χ0) is 13.7. The molecule has 3 heteroatoms. The predicted octanol–water partition coefficient (Wildman–Crippen LogP) is 2.85. The fraction of sp³-hybridized carbons (Fsp3) is 0.562. The highest BCUT2D eigenvalue weighted by molar-refractivity contribution is 5.31. The molecule has 3 nitrogen and oxygen atoms in total. The van der Waals surface area contributed by atoms with Crippen LogP contribution in [0.3, 0.4) is 0 Å². The molecule has 1 heterocycles. The van der Waals surface area contributed by atoms with E-state index in [4.69, 9.17) is 5.26 Å². The first-order valence-electron chi connectivity index (χ1n) is 7.15. The third-order valence-electron chi connectivity index (χ3n) is 3.87. The highest BCUT2D eigenvalue weighted by Crippen LogP contribution is 2.30. The van der Waals surface area contributed by atoms with Crippen molar-refractivity contribution in [2.75, 3.05) is 13.1 Å². The summed E-state index contributed by atoms with van der Waals surface area (Å²) in [6.45, 7) is 7.29. The van der Waals surface area contributed by atoms with Crippen LogP contribution in [-0.4, -0.2) is 24.0 Å². The Morgan fingerprint density at radius 1 is 1.42 bits per heavy atom. The number of nitriles is 1. The molecule has 0 radical (unpaired) electrons. The monoisotopic (exact) mass is 257 g/mol. The van der Waals surface area contributed by atoms with Gasteiger partial charge < -0.3 is 5.32 Å². The van der Waals surface area contributed by atoms with Crippen LogP contribution in [-0.2, 0) is 6.54 Å². The van der Waals surface area contributed by atoms with Crippen molar-refractivity contribution in [3.63, 3.8) is 0 Å². The van der Waals surface area contributed by atoms with Crippen molar-refractivity contribution < 1.29 is 0 Å². The SMILES string of the molecule is CC(C)N(CCC#N)C1CCNCc2ccccc21. The molecule has 1 aromatic rings. The van der Waals surface area contributed by atoms with Crippen LogP contribution in [0.1, 0.15) is 43.9 Å². The Hall–Kier alpha value is -1.37. The molecule has 2 rings (SSSR count). The fourth-order valence-electron chi connectivity index (χ4n) is 2.94.